The van der Waals surface area contributed by atoms with Crippen LogP contribution in [0.2, 0.25) is 0 Å². The summed E-state index contributed by atoms with van der Waals surface area (Å²) in [6.45, 7) is 2.95. The standard InChI is InChI=1S/C15H22FNO3/c1-3-17(15(19)6-4-5-9-18)11-12-7-8-14(20-2)13(16)10-12/h7-8,10,18H,3-6,9,11H2,1-2H3. The van der Waals surface area contributed by atoms with Crippen molar-refractivity contribution in [1.82, 2.24) is 4.90 Å². The first-order valence-electron chi connectivity index (χ1n) is 6.83. The second-order valence-corrected chi connectivity index (χ2v) is 4.56. The highest BCUT2D eigenvalue weighted by molar-refractivity contribution is 5.76. The smallest absolute Gasteiger partial charge is 0.222 e. The van der Waals surface area contributed by atoms with Gasteiger partial charge in [-0.3, -0.25) is 4.79 Å². The molecule has 0 unspecified atom stereocenters. The van der Waals surface area contributed by atoms with Gasteiger partial charge in [0.2, 0.25) is 5.91 Å². The van der Waals surface area contributed by atoms with E-state index in [4.69, 9.17) is 9.84 Å². The van der Waals surface area contributed by atoms with Crippen molar-refractivity contribution in [3.8, 4) is 5.75 Å². The molecule has 1 rings (SSSR count). The van der Waals surface area contributed by atoms with Gasteiger partial charge in [-0.15, -0.1) is 0 Å². The van der Waals surface area contributed by atoms with E-state index in [1.54, 1.807) is 17.0 Å². The quantitative estimate of drug-likeness (QED) is 0.745. The Hall–Kier alpha value is -1.62. The highest BCUT2D eigenvalue weighted by atomic mass is 19.1. The molecule has 112 valence electrons. The van der Waals surface area contributed by atoms with E-state index in [0.717, 1.165) is 5.56 Å². The molecule has 0 saturated carbocycles. The van der Waals surface area contributed by atoms with E-state index in [1.165, 1.54) is 13.2 Å². The Kier molecular flexibility index (Phi) is 7.01. The van der Waals surface area contributed by atoms with Crippen LogP contribution in [0.4, 0.5) is 4.39 Å². The summed E-state index contributed by atoms with van der Waals surface area (Å²) in [6.07, 6.45) is 1.70. The molecule has 0 saturated heterocycles. The lowest BCUT2D eigenvalue weighted by molar-refractivity contribution is -0.131. The summed E-state index contributed by atoms with van der Waals surface area (Å²) in [4.78, 5) is 13.7. The molecule has 1 aromatic rings. The van der Waals surface area contributed by atoms with Crippen LogP contribution in [-0.4, -0.2) is 36.2 Å². The molecule has 20 heavy (non-hydrogen) atoms. The van der Waals surface area contributed by atoms with Gasteiger partial charge in [0.15, 0.2) is 11.6 Å². The number of amides is 1. The number of aliphatic hydroxyl groups is 1. The van der Waals surface area contributed by atoms with Crippen LogP contribution >= 0.6 is 0 Å². The van der Waals surface area contributed by atoms with Crippen molar-refractivity contribution >= 4 is 5.91 Å². The van der Waals surface area contributed by atoms with E-state index in [2.05, 4.69) is 0 Å². The van der Waals surface area contributed by atoms with Gasteiger partial charge in [-0.2, -0.15) is 0 Å². The van der Waals surface area contributed by atoms with Gasteiger partial charge >= 0.3 is 0 Å². The van der Waals surface area contributed by atoms with Crippen molar-refractivity contribution in [3.05, 3.63) is 29.6 Å². The lowest BCUT2D eigenvalue weighted by Crippen LogP contribution is -2.30. The highest BCUT2D eigenvalue weighted by Gasteiger charge is 2.13. The molecule has 0 atom stereocenters. The lowest BCUT2D eigenvalue weighted by Gasteiger charge is -2.21. The van der Waals surface area contributed by atoms with Crippen LogP contribution in [0.3, 0.4) is 0 Å². The number of ether oxygens (including phenoxy) is 1. The zero-order chi connectivity index (χ0) is 15.0. The Bertz CT molecular complexity index is 437. The van der Waals surface area contributed by atoms with E-state index < -0.39 is 5.82 Å². The first-order valence-corrected chi connectivity index (χ1v) is 6.83. The minimum atomic E-state index is -0.422. The number of benzene rings is 1. The zero-order valence-electron chi connectivity index (χ0n) is 12.1. The van der Waals surface area contributed by atoms with Crippen LogP contribution in [0, 0.1) is 5.82 Å². The molecule has 0 heterocycles. The van der Waals surface area contributed by atoms with Crippen molar-refractivity contribution in [2.75, 3.05) is 20.3 Å². The summed E-state index contributed by atoms with van der Waals surface area (Å²) >= 11 is 0. The van der Waals surface area contributed by atoms with Crippen molar-refractivity contribution in [2.45, 2.75) is 32.7 Å². The molecule has 0 radical (unpaired) electrons. The van der Waals surface area contributed by atoms with Crippen LogP contribution in [0.5, 0.6) is 5.75 Å². The van der Waals surface area contributed by atoms with Gasteiger partial charge in [0.1, 0.15) is 0 Å². The Morgan fingerprint density at radius 2 is 2.15 bits per heavy atom. The number of hydrogen-bond donors (Lipinski definition) is 1. The van der Waals surface area contributed by atoms with Gasteiger partial charge in [0.05, 0.1) is 7.11 Å². The molecule has 0 aliphatic carbocycles. The number of aliphatic hydroxyl groups excluding tert-OH is 1. The lowest BCUT2D eigenvalue weighted by atomic mass is 10.1. The molecule has 1 N–H and O–H groups in total. The fourth-order valence-electron chi connectivity index (χ4n) is 1.95. The maximum atomic E-state index is 13.6. The van der Waals surface area contributed by atoms with Crippen LogP contribution < -0.4 is 4.74 Å². The average Bonchev–Trinajstić information content (AvgIpc) is 2.45. The van der Waals surface area contributed by atoms with Gasteiger partial charge in [-0.05, 0) is 37.5 Å². The largest absolute Gasteiger partial charge is 0.494 e. The van der Waals surface area contributed by atoms with Crippen LogP contribution in [0.1, 0.15) is 31.7 Å². The van der Waals surface area contributed by atoms with Gasteiger partial charge in [-0.25, -0.2) is 4.39 Å². The summed E-state index contributed by atoms with van der Waals surface area (Å²) in [5, 5.41) is 8.71. The number of hydrogen-bond acceptors (Lipinski definition) is 3. The number of halogens is 1. The van der Waals surface area contributed by atoms with Crippen LogP contribution in [0.15, 0.2) is 18.2 Å². The monoisotopic (exact) mass is 283 g/mol. The van der Waals surface area contributed by atoms with Gasteiger partial charge in [0.25, 0.3) is 0 Å². The molecule has 1 aromatic carbocycles. The van der Waals surface area contributed by atoms with E-state index in [9.17, 15) is 9.18 Å². The predicted octanol–water partition coefficient (Wildman–Crippen LogP) is 2.35. The highest BCUT2D eigenvalue weighted by Crippen LogP contribution is 2.19. The first-order chi connectivity index (χ1) is 9.62. The fraction of sp³-hybridized carbons (Fsp3) is 0.533. The van der Waals surface area contributed by atoms with Crippen molar-refractivity contribution in [3.63, 3.8) is 0 Å². The molecule has 0 aliphatic rings. The summed E-state index contributed by atoms with van der Waals surface area (Å²) in [7, 11) is 1.42. The fourth-order valence-corrected chi connectivity index (χ4v) is 1.95. The zero-order valence-corrected chi connectivity index (χ0v) is 12.1. The Morgan fingerprint density at radius 1 is 1.40 bits per heavy atom. The molecule has 0 aromatic heterocycles. The van der Waals surface area contributed by atoms with Crippen LogP contribution in [-0.2, 0) is 11.3 Å². The van der Waals surface area contributed by atoms with Gasteiger partial charge in [0, 0.05) is 26.1 Å². The molecule has 0 bridgehead atoms. The third-order valence-corrected chi connectivity index (χ3v) is 3.12. The SMILES string of the molecule is CCN(Cc1ccc(OC)c(F)c1)C(=O)CCCCO. The maximum absolute atomic E-state index is 13.6. The maximum Gasteiger partial charge on any atom is 0.222 e. The summed E-state index contributed by atoms with van der Waals surface area (Å²) in [5.41, 5.74) is 0.737. The second kappa shape index (κ2) is 8.53. The second-order valence-electron chi connectivity index (χ2n) is 4.56. The molecule has 1 amide bonds. The van der Waals surface area contributed by atoms with Gasteiger partial charge in [-0.1, -0.05) is 6.07 Å². The van der Waals surface area contributed by atoms with Crippen molar-refractivity contribution in [2.24, 2.45) is 0 Å². The topological polar surface area (TPSA) is 49.8 Å². The van der Waals surface area contributed by atoms with E-state index in [0.29, 0.717) is 32.4 Å². The minimum Gasteiger partial charge on any atom is -0.494 e. The number of rotatable bonds is 8. The summed E-state index contributed by atoms with van der Waals surface area (Å²) in [5.74, 6) is -0.197. The minimum absolute atomic E-state index is 0.0252. The van der Waals surface area contributed by atoms with Crippen molar-refractivity contribution < 1.29 is 19.0 Å². The molecule has 4 nitrogen and oxygen atoms in total. The van der Waals surface area contributed by atoms with E-state index in [-0.39, 0.29) is 18.3 Å². The number of nitrogens with zero attached hydrogens (tertiary/aromatic N) is 1. The number of unbranched alkanes of at least 4 members (excludes halogenated alkanes) is 1. The number of carbonyl (C=O) groups is 1. The van der Waals surface area contributed by atoms with E-state index in [1.807, 2.05) is 6.92 Å². The molecular formula is C15H22FNO3. The van der Waals surface area contributed by atoms with Gasteiger partial charge < -0.3 is 14.7 Å². The molecule has 0 fully saturated rings. The number of carbonyl (C=O) groups excluding carboxylic acids is 1. The normalized spacial score (nSPS) is 10.4. The molecule has 5 heteroatoms. The number of methoxy groups -OCH3 is 1. The third kappa shape index (κ3) is 4.81. The van der Waals surface area contributed by atoms with E-state index >= 15 is 0 Å². The average molecular weight is 283 g/mol. The Morgan fingerprint density at radius 3 is 2.70 bits per heavy atom. The molecule has 0 spiro atoms. The Labute approximate surface area is 119 Å². The molecular weight excluding hydrogens is 261 g/mol. The van der Waals surface area contributed by atoms with Crippen molar-refractivity contribution in [1.29, 1.82) is 0 Å². The third-order valence-electron chi connectivity index (χ3n) is 3.12. The summed E-state index contributed by atoms with van der Waals surface area (Å²) < 4.78 is 18.5. The Balaban J connectivity index is 2.63. The first kappa shape index (κ1) is 16.4. The molecule has 0 aliphatic heterocycles. The summed E-state index contributed by atoms with van der Waals surface area (Å²) in [6, 6.07) is 4.71. The van der Waals surface area contributed by atoms with Crippen LogP contribution in [0.25, 0.3) is 0 Å². The predicted molar refractivity (Wildman–Crippen MR) is 75.0 cm³/mol.